The zero-order valence-electron chi connectivity index (χ0n) is 16.2. The van der Waals surface area contributed by atoms with Gasteiger partial charge in [-0.05, 0) is 32.6 Å². The lowest BCUT2D eigenvalue weighted by molar-refractivity contribution is -0.0299. The van der Waals surface area contributed by atoms with Crippen LogP contribution in [0.3, 0.4) is 0 Å². The normalized spacial score (nSPS) is 27.3. The van der Waals surface area contributed by atoms with Crippen LogP contribution in [0.25, 0.3) is 0 Å². The summed E-state index contributed by atoms with van der Waals surface area (Å²) in [4.78, 5) is 54.1. The maximum atomic E-state index is 12.3. The second-order valence-corrected chi connectivity index (χ2v) is 10.3. The summed E-state index contributed by atoms with van der Waals surface area (Å²) in [6.45, 7) is 3.09. The molecule has 1 fully saturated rings. The molecule has 0 aliphatic heterocycles. The number of H-pyrrole nitrogens is 1. The van der Waals surface area contributed by atoms with Crippen LogP contribution in [0.2, 0.25) is 0 Å². The lowest BCUT2D eigenvalue weighted by Crippen LogP contribution is -2.38. The smallest absolute Gasteiger partial charge is 0.377 e. The third-order valence-corrected chi connectivity index (χ3v) is 6.62. The van der Waals surface area contributed by atoms with Crippen LogP contribution in [0.15, 0.2) is 21.9 Å². The summed E-state index contributed by atoms with van der Waals surface area (Å²) in [5, 5.41) is 0. The average Bonchev–Trinajstić information content (AvgIpc) is 2.87. The molecule has 0 saturated heterocycles. The molecular formula is C15H26N2O10P2. The van der Waals surface area contributed by atoms with Crippen molar-refractivity contribution in [3.05, 3.63) is 33.1 Å². The van der Waals surface area contributed by atoms with Gasteiger partial charge in [-0.3, -0.25) is 28.0 Å². The van der Waals surface area contributed by atoms with Crippen LogP contribution < -0.4 is 11.2 Å². The third-order valence-electron chi connectivity index (χ3n) is 4.58. The summed E-state index contributed by atoms with van der Waals surface area (Å²) in [5.74, 6) is -0.618. The zero-order valence-corrected chi connectivity index (χ0v) is 18.0. The minimum absolute atomic E-state index is 0.0366. The standard InChI is InChI=1S/C15H26N2O10P2/c1-9(2)26-29(23,24)27-13-10(5-7-28(20,21)22)8-11(14(13)25-3)17-6-4-12(18)16-15(17)19/h4,6,9-11,13-14H,5,7-8H2,1-3H3,(H,23,24)(H,16,18,19)(H2,20,21,22)/t10-,11?,13+,14-/m0/s1. The lowest BCUT2D eigenvalue weighted by Gasteiger charge is -2.28. The highest BCUT2D eigenvalue weighted by Crippen LogP contribution is 2.52. The minimum Gasteiger partial charge on any atom is -0.377 e. The fraction of sp³-hybridized carbons (Fsp3) is 0.733. The van der Waals surface area contributed by atoms with Gasteiger partial charge in [0.25, 0.3) is 5.56 Å². The molecule has 0 aromatic carbocycles. The summed E-state index contributed by atoms with van der Waals surface area (Å²) in [6, 6.07) is 0.446. The van der Waals surface area contributed by atoms with Crippen molar-refractivity contribution in [3.8, 4) is 0 Å². The molecule has 0 radical (unpaired) electrons. The molecule has 12 nitrogen and oxygen atoms in total. The highest BCUT2D eigenvalue weighted by molar-refractivity contribution is 7.51. The van der Waals surface area contributed by atoms with E-state index in [2.05, 4.69) is 4.98 Å². The number of ether oxygens (including phenoxy) is 1. The van der Waals surface area contributed by atoms with Crippen molar-refractivity contribution in [3.63, 3.8) is 0 Å². The van der Waals surface area contributed by atoms with Gasteiger partial charge in [0, 0.05) is 19.4 Å². The molecule has 0 spiro atoms. The lowest BCUT2D eigenvalue weighted by atomic mass is 10.0. The summed E-state index contributed by atoms with van der Waals surface area (Å²) < 4.78 is 40.5. The number of nitrogens with one attached hydrogen (secondary N) is 1. The number of hydrogen-bond donors (Lipinski definition) is 4. The Balaban J connectivity index is 2.38. The van der Waals surface area contributed by atoms with Crippen LogP contribution in [-0.2, 0) is 22.9 Å². The minimum atomic E-state index is -4.51. The van der Waals surface area contributed by atoms with Gasteiger partial charge in [0.15, 0.2) is 0 Å². The van der Waals surface area contributed by atoms with E-state index >= 15 is 0 Å². The van der Waals surface area contributed by atoms with E-state index in [4.69, 9.17) is 13.8 Å². The highest BCUT2D eigenvalue weighted by atomic mass is 31.2. The molecule has 1 aromatic rings. The predicted molar refractivity (Wildman–Crippen MR) is 102 cm³/mol. The van der Waals surface area contributed by atoms with E-state index in [0.29, 0.717) is 0 Å². The molecule has 2 rings (SSSR count). The van der Waals surface area contributed by atoms with E-state index in [1.54, 1.807) is 13.8 Å². The van der Waals surface area contributed by atoms with Crippen molar-refractivity contribution in [1.82, 2.24) is 9.55 Å². The van der Waals surface area contributed by atoms with Crippen LogP contribution in [-0.4, -0.2) is 55.8 Å². The number of aromatic nitrogens is 2. The zero-order chi connectivity index (χ0) is 22.0. The first kappa shape index (κ1) is 24.2. The largest absolute Gasteiger partial charge is 0.472 e. The van der Waals surface area contributed by atoms with Gasteiger partial charge in [0.1, 0.15) is 12.2 Å². The molecule has 2 unspecified atom stereocenters. The van der Waals surface area contributed by atoms with E-state index in [1.165, 1.54) is 17.9 Å². The van der Waals surface area contributed by atoms with E-state index in [0.717, 1.165) is 6.07 Å². The quantitative estimate of drug-likeness (QED) is 0.385. The van der Waals surface area contributed by atoms with Crippen LogP contribution in [0, 0.1) is 5.92 Å². The third kappa shape index (κ3) is 6.70. The first-order chi connectivity index (χ1) is 13.3. The fourth-order valence-corrected chi connectivity index (χ4v) is 5.37. The molecule has 4 N–H and O–H groups in total. The van der Waals surface area contributed by atoms with Crippen molar-refractivity contribution >= 4 is 15.4 Å². The monoisotopic (exact) mass is 456 g/mol. The molecule has 1 heterocycles. The van der Waals surface area contributed by atoms with Crippen molar-refractivity contribution in [1.29, 1.82) is 0 Å². The molecule has 0 amide bonds. The van der Waals surface area contributed by atoms with Crippen LogP contribution in [0.5, 0.6) is 0 Å². The molecule has 1 saturated carbocycles. The number of methoxy groups -OCH3 is 1. The van der Waals surface area contributed by atoms with E-state index in [1.807, 2.05) is 0 Å². The molecule has 0 bridgehead atoms. The summed E-state index contributed by atoms with van der Waals surface area (Å²) in [5.41, 5.74) is -1.29. The Morgan fingerprint density at radius 2 is 1.90 bits per heavy atom. The van der Waals surface area contributed by atoms with Gasteiger partial charge >= 0.3 is 21.1 Å². The van der Waals surface area contributed by atoms with Crippen molar-refractivity contribution in [2.24, 2.45) is 5.92 Å². The first-order valence-corrected chi connectivity index (χ1v) is 12.2. The van der Waals surface area contributed by atoms with Crippen molar-refractivity contribution in [2.75, 3.05) is 13.3 Å². The van der Waals surface area contributed by atoms with Gasteiger partial charge in [-0.25, -0.2) is 9.36 Å². The summed E-state index contributed by atoms with van der Waals surface area (Å²) in [6.07, 6.45) is -1.67. The fourth-order valence-electron chi connectivity index (χ4n) is 3.52. The Morgan fingerprint density at radius 3 is 2.41 bits per heavy atom. The van der Waals surface area contributed by atoms with Gasteiger partial charge in [-0.2, -0.15) is 0 Å². The summed E-state index contributed by atoms with van der Waals surface area (Å²) >= 11 is 0. The number of phosphoric ester groups is 1. The van der Waals surface area contributed by atoms with Crippen LogP contribution >= 0.6 is 15.4 Å². The Bertz CT molecular complexity index is 907. The predicted octanol–water partition coefficient (Wildman–Crippen LogP) is 0.591. The first-order valence-electron chi connectivity index (χ1n) is 8.91. The maximum Gasteiger partial charge on any atom is 0.472 e. The summed E-state index contributed by atoms with van der Waals surface area (Å²) in [7, 11) is -7.52. The Hall–Kier alpha value is -1.10. The SMILES string of the molecule is CO[C@H]1C(n2ccc(=O)[nH]c2=O)C[C@H](CCP(=O)(O)O)[C@H]1OP(=O)(O)OC(C)C. The van der Waals surface area contributed by atoms with Gasteiger partial charge in [0.2, 0.25) is 0 Å². The number of hydrogen-bond acceptors (Lipinski definition) is 7. The van der Waals surface area contributed by atoms with Gasteiger partial charge in [-0.15, -0.1) is 0 Å². The van der Waals surface area contributed by atoms with Gasteiger partial charge in [0.05, 0.1) is 18.3 Å². The highest BCUT2D eigenvalue weighted by Gasteiger charge is 2.49. The second kappa shape index (κ2) is 9.36. The number of nitrogens with zero attached hydrogens (tertiary/aromatic N) is 1. The van der Waals surface area contributed by atoms with Gasteiger partial charge in [-0.1, -0.05) is 0 Å². The number of rotatable bonds is 9. The maximum absolute atomic E-state index is 12.3. The van der Waals surface area contributed by atoms with E-state index in [9.17, 15) is 33.4 Å². The molecule has 1 aliphatic rings. The topological polar surface area (TPSA) is 177 Å². The number of phosphoric acid groups is 1. The molecule has 1 aliphatic carbocycles. The molecular weight excluding hydrogens is 430 g/mol. The number of aromatic amines is 1. The average molecular weight is 456 g/mol. The van der Waals surface area contributed by atoms with E-state index in [-0.39, 0.29) is 12.8 Å². The molecule has 1 aromatic heterocycles. The molecule has 14 heteroatoms. The Labute approximate surface area is 166 Å². The van der Waals surface area contributed by atoms with E-state index < -0.39 is 63.1 Å². The molecule has 5 atom stereocenters. The second-order valence-electron chi connectivity index (χ2n) is 7.15. The van der Waals surface area contributed by atoms with Crippen molar-refractivity contribution in [2.45, 2.75) is 51.0 Å². The van der Waals surface area contributed by atoms with Crippen LogP contribution in [0.4, 0.5) is 0 Å². The van der Waals surface area contributed by atoms with Crippen molar-refractivity contribution < 1.29 is 37.6 Å². The van der Waals surface area contributed by atoms with Crippen LogP contribution in [0.1, 0.15) is 32.7 Å². The van der Waals surface area contributed by atoms with Gasteiger partial charge < -0.3 is 19.4 Å². The Kier molecular flexibility index (Phi) is 7.80. The molecule has 166 valence electrons. The molecule has 29 heavy (non-hydrogen) atoms. The Morgan fingerprint density at radius 1 is 1.24 bits per heavy atom.